The van der Waals surface area contributed by atoms with Gasteiger partial charge in [0.15, 0.2) is 0 Å². The number of hydrogen-bond acceptors (Lipinski definition) is 3. The molecule has 0 aromatic carbocycles. The van der Waals surface area contributed by atoms with E-state index < -0.39 is 0 Å². The van der Waals surface area contributed by atoms with Gasteiger partial charge in [0.05, 0.1) is 18.9 Å². The van der Waals surface area contributed by atoms with E-state index >= 15 is 0 Å². The first-order chi connectivity index (χ1) is 7.84. The van der Waals surface area contributed by atoms with Gasteiger partial charge in [-0.15, -0.1) is 11.3 Å². The number of hydrogen-bond donors (Lipinski definition) is 1. The number of aryl methyl sites for hydroxylation is 2. The lowest BCUT2D eigenvalue weighted by atomic mass is 10.0. The first-order valence-electron chi connectivity index (χ1n) is 6.02. The smallest absolute Gasteiger partial charge is 0.0876 e. The predicted molar refractivity (Wildman–Crippen MR) is 66.5 cm³/mol. The Bertz CT molecular complexity index is 400. The van der Waals surface area contributed by atoms with Gasteiger partial charge in [0, 0.05) is 9.75 Å². The molecule has 2 nitrogen and oxygen atoms in total. The van der Waals surface area contributed by atoms with Crippen molar-refractivity contribution in [3.63, 3.8) is 0 Å². The molecule has 0 fully saturated rings. The fraction of sp³-hybridized carbons (Fsp3) is 0.538. The van der Waals surface area contributed by atoms with Crippen molar-refractivity contribution in [1.82, 2.24) is 0 Å². The molecule has 0 amide bonds. The van der Waals surface area contributed by atoms with Gasteiger partial charge in [-0.25, -0.2) is 0 Å². The number of rotatable bonds is 2. The van der Waals surface area contributed by atoms with E-state index in [2.05, 4.69) is 6.07 Å². The summed E-state index contributed by atoms with van der Waals surface area (Å²) >= 11 is 1.90. The van der Waals surface area contributed by atoms with Gasteiger partial charge in [-0.2, -0.15) is 0 Å². The summed E-state index contributed by atoms with van der Waals surface area (Å²) < 4.78 is 5.36. The SMILES string of the molecule is NC(C1=COCCC1)c1cc2c(s1)CCC2. The van der Waals surface area contributed by atoms with Crippen LogP contribution in [-0.4, -0.2) is 6.61 Å². The van der Waals surface area contributed by atoms with Gasteiger partial charge in [0.2, 0.25) is 0 Å². The Kier molecular flexibility index (Phi) is 2.74. The van der Waals surface area contributed by atoms with Gasteiger partial charge in [-0.05, 0) is 49.3 Å². The monoisotopic (exact) mass is 235 g/mol. The van der Waals surface area contributed by atoms with Crippen LogP contribution in [0.1, 0.15) is 40.6 Å². The van der Waals surface area contributed by atoms with Crippen molar-refractivity contribution in [2.45, 2.75) is 38.1 Å². The molecule has 1 aromatic rings. The average Bonchev–Trinajstić information content (AvgIpc) is 2.89. The Balaban J connectivity index is 1.83. The molecule has 3 heteroatoms. The number of nitrogens with two attached hydrogens (primary N) is 1. The first-order valence-corrected chi connectivity index (χ1v) is 6.84. The summed E-state index contributed by atoms with van der Waals surface area (Å²) in [5.74, 6) is 0. The van der Waals surface area contributed by atoms with Crippen LogP contribution in [0.2, 0.25) is 0 Å². The Morgan fingerprint density at radius 3 is 2.94 bits per heavy atom. The maximum atomic E-state index is 6.29. The lowest BCUT2D eigenvalue weighted by Crippen LogP contribution is -2.15. The fourth-order valence-electron chi connectivity index (χ4n) is 2.50. The van der Waals surface area contributed by atoms with Crippen molar-refractivity contribution in [2.75, 3.05) is 6.61 Å². The van der Waals surface area contributed by atoms with E-state index in [0.717, 1.165) is 19.4 Å². The molecule has 1 atom stereocenters. The van der Waals surface area contributed by atoms with Crippen LogP contribution in [0.3, 0.4) is 0 Å². The van der Waals surface area contributed by atoms with Crippen molar-refractivity contribution in [1.29, 1.82) is 0 Å². The second-order valence-electron chi connectivity index (χ2n) is 4.60. The van der Waals surface area contributed by atoms with Gasteiger partial charge >= 0.3 is 0 Å². The van der Waals surface area contributed by atoms with Crippen molar-refractivity contribution < 1.29 is 4.74 Å². The van der Waals surface area contributed by atoms with E-state index in [9.17, 15) is 0 Å². The van der Waals surface area contributed by atoms with Crippen LogP contribution in [0.4, 0.5) is 0 Å². The van der Waals surface area contributed by atoms with Gasteiger partial charge < -0.3 is 10.5 Å². The molecule has 2 N–H and O–H groups in total. The highest BCUT2D eigenvalue weighted by Gasteiger charge is 2.21. The number of fused-ring (bicyclic) bond motifs is 1. The second-order valence-corrected chi connectivity index (χ2v) is 5.76. The summed E-state index contributed by atoms with van der Waals surface area (Å²) in [5.41, 5.74) is 9.08. The van der Waals surface area contributed by atoms with Crippen molar-refractivity contribution in [3.05, 3.63) is 33.2 Å². The molecule has 0 saturated heterocycles. The zero-order valence-corrected chi connectivity index (χ0v) is 10.2. The summed E-state index contributed by atoms with van der Waals surface area (Å²) in [6, 6.07) is 2.38. The zero-order valence-electron chi connectivity index (χ0n) is 9.37. The van der Waals surface area contributed by atoms with Crippen LogP contribution in [0.15, 0.2) is 17.9 Å². The Hall–Kier alpha value is -0.800. The van der Waals surface area contributed by atoms with Crippen LogP contribution in [0, 0.1) is 0 Å². The zero-order chi connectivity index (χ0) is 11.0. The quantitative estimate of drug-likeness (QED) is 0.855. The van der Waals surface area contributed by atoms with Crippen LogP contribution in [0.25, 0.3) is 0 Å². The molecule has 86 valence electrons. The summed E-state index contributed by atoms with van der Waals surface area (Å²) in [4.78, 5) is 2.88. The van der Waals surface area contributed by atoms with Crippen molar-refractivity contribution in [2.24, 2.45) is 5.73 Å². The molecule has 3 rings (SSSR count). The third kappa shape index (κ3) is 1.78. The highest BCUT2D eigenvalue weighted by molar-refractivity contribution is 7.12. The van der Waals surface area contributed by atoms with Gasteiger partial charge in [-0.1, -0.05) is 0 Å². The minimum atomic E-state index is 0.0656. The summed E-state index contributed by atoms with van der Waals surface area (Å²) in [6.45, 7) is 0.844. The second kappa shape index (κ2) is 4.22. The Labute approximate surface area is 100 Å². The lowest BCUT2D eigenvalue weighted by Gasteiger charge is -2.18. The van der Waals surface area contributed by atoms with E-state index in [0.29, 0.717) is 0 Å². The third-order valence-corrected chi connectivity index (χ3v) is 4.75. The molecular formula is C13H17NOS. The average molecular weight is 235 g/mol. The minimum absolute atomic E-state index is 0.0656. The molecule has 16 heavy (non-hydrogen) atoms. The van der Waals surface area contributed by atoms with Crippen LogP contribution >= 0.6 is 11.3 Å². The summed E-state index contributed by atoms with van der Waals surface area (Å²) in [5, 5.41) is 0. The standard InChI is InChI=1S/C13H17NOS/c14-13(10-4-2-6-15-8-10)12-7-9-3-1-5-11(9)16-12/h7-8,13H,1-6,14H2. The molecule has 1 aliphatic heterocycles. The largest absolute Gasteiger partial charge is 0.501 e. The maximum absolute atomic E-state index is 6.29. The number of thiophene rings is 1. The fourth-order valence-corrected chi connectivity index (χ4v) is 3.80. The molecule has 0 radical (unpaired) electrons. The molecule has 2 aliphatic rings. The third-order valence-electron chi connectivity index (χ3n) is 3.43. The number of ether oxygens (including phenoxy) is 1. The Morgan fingerprint density at radius 2 is 2.19 bits per heavy atom. The van der Waals surface area contributed by atoms with Crippen molar-refractivity contribution in [3.8, 4) is 0 Å². The molecule has 1 aromatic heterocycles. The Morgan fingerprint density at radius 1 is 1.25 bits per heavy atom. The predicted octanol–water partition coefficient (Wildman–Crippen LogP) is 2.93. The van der Waals surface area contributed by atoms with Gasteiger partial charge in [0.25, 0.3) is 0 Å². The normalized spacial score (nSPS) is 21.2. The first kappa shape index (κ1) is 10.4. The van der Waals surface area contributed by atoms with E-state index in [1.807, 2.05) is 17.6 Å². The maximum Gasteiger partial charge on any atom is 0.0876 e. The molecule has 1 aliphatic carbocycles. The topological polar surface area (TPSA) is 35.2 Å². The highest BCUT2D eigenvalue weighted by Crippen LogP contribution is 2.36. The van der Waals surface area contributed by atoms with Crippen LogP contribution < -0.4 is 5.73 Å². The molecule has 1 unspecified atom stereocenters. The molecule has 0 spiro atoms. The highest BCUT2D eigenvalue weighted by atomic mass is 32.1. The van der Waals surface area contributed by atoms with Crippen LogP contribution in [-0.2, 0) is 17.6 Å². The van der Waals surface area contributed by atoms with Crippen molar-refractivity contribution >= 4 is 11.3 Å². The molecular weight excluding hydrogens is 218 g/mol. The minimum Gasteiger partial charge on any atom is -0.501 e. The van der Waals surface area contributed by atoms with E-state index in [1.54, 1.807) is 4.88 Å². The van der Waals surface area contributed by atoms with E-state index in [1.165, 1.54) is 35.3 Å². The summed E-state index contributed by atoms with van der Waals surface area (Å²) in [6.07, 6.45) is 7.88. The van der Waals surface area contributed by atoms with Crippen LogP contribution in [0.5, 0.6) is 0 Å². The van der Waals surface area contributed by atoms with Gasteiger partial charge in [0.1, 0.15) is 0 Å². The lowest BCUT2D eigenvalue weighted by molar-refractivity contribution is 0.221. The van der Waals surface area contributed by atoms with E-state index in [4.69, 9.17) is 10.5 Å². The molecule has 2 heterocycles. The van der Waals surface area contributed by atoms with Gasteiger partial charge in [-0.3, -0.25) is 0 Å². The van der Waals surface area contributed by atoms with E-state index in [-0.39, 0.29) is 6.04 Å². The molecule has 0 saturated carbocycles. The molecule has 0 bridgehead atoms. The summed E-state index contributed by atoms with van der Waals surface area (Å²) in [7, 11) is 0.